The second kappa shape index (κ2) is 3.40. The molecule has 2 aliphatic rings. The first-order chi connectivity index (χ1) is 8.23. The lowest BCUT2D eigenvalue weighted by molar-refractivity contribution is -0.241. The zero-order chi connectivity index (χ0) is 15.1. The average Bonchev–Trinajstić information content (AvgIpc) is 2.38. The third kappa shape index (κ3) is 1.33. The molecule has 1 heteroatoms. The molecule has 110 valence electrons. The highest BCUT2D eigenvalue weighted by Crippen LogP contribution is 2.73. The Kier molecular flexibility index (Phi) is 2.68. The summed E-state index contributed by atoms with van der Waals surface area (Å²) in [5.41, 5.74) is 0.440. The molecular formula is C18H32O. The zero-order valence-electron chi connectivity index (χ0n) is 14.6. The van der Waals surface area contributed by atoms with Crippen molar-refractivity contribution in [1.29, 1.82) is 0 Å². The Bertz CT molecular complexity index is 437. The van der Waals surface area contributed by atoms with Crippen molar-refractivity contribution in [2.24, 2.45) is 27.6 Å². The molecule has 1 saturated heterocycles. The molecule has 0 N–H and O–H groups in total. The molecule has 1 heterocycles. The van der Waals surface area contributed by atoms with Gasteiger partial charge in [0.2, 0.25) is 0 Å². The van der Waals surface area contributed by atoms with Crippen LogP contribution in [-0.4, -0.2) is 5.60 Å². The van der Waals surface area contributed by atoms with Crippen LogP contribution >= 0.6 is 0 Å². The number of allylic oxidation sites excluding steroid dienone is 2. The minimum absolute atomic E-state index is 0.0818. The van der Waals surface area contributed by atoms with E-state index < -0.39 is 0 Å². The van der Waals surface area contributed by atoms with Crippen molar-refractivity contribution in [3.8, 4) is 0 Å². The summed E-state index contributed by atoms with van der Waals surface area (Å²) >= 11 is 0. The van der Waals surface area contributed by atoms with Gasteiger partial charge in [-0.25, -0.2) is 0 Å². The van der Waals surface area contributed by atoms with Crippen LogP contribution in [0.2, 0.25) is 0 Å². The normalized spacial score (nSPS) is 41.2. The highest BCUT2D eigenvalue weighted by molar-refractivity contribution is 5.32. The van der Waals surface area contributed by atoms with Gasteiger partial charge in [-0.15, -0.1) is 0 Å². The van der Waals surface area contributed by atoms with Gasteiger partial charge in [-0.05, 0) is 36.7 Å². The van der Waals surface area contributed by atoms with Crippen molar-refractivity contribution in [3.05, 3.63) is 11.8 Å². The van der Waals surface area contributed by atoms with Crippen molar-refractivity contribution in [1.82, 2.24) is 0 Å². The molecule has 19 heavy (non-hydrogen) atoms. The van der Waals surface area contributed by atoms with E-state index in [1.807, 2.05) is 0 Å². The van der Waals surface area contributed by atoms with E-state index in [0.29, 0.717) is 5.92 Å². The molecule has 1 nitrogen and oxygen atoms in total. The highest BCUT2D eigenvalue weighted by Gasteiger charge is 2.70. The molecule has 0 aromatic carbocycles. The molecule has 0 aromatic rings. The Labute approximate surface area is 119 Å². The third-order valence-electron chi connectivity index (χ3n) is 8.00. The number of hydrogen-bond donors (Lipinski definition) is 0. The van der Waals surface area contributed by atoms with Crippen LogP contribution in [0.5, 0.6) is 0 Å². The van der Waals surface area contributed by atoms with E-state index in [1.165, 1.54) is 5.76 Å². The lowest BCUT2D eigenvalue weighted by atomic mass is 9.42. The quantitative estimate of drug-likeness (QED) is 0.568. The van der Waals surface area contributed by atoms with Gasteiger partial charge in [-0.2, -0.15) is 0 Å². The molecule has 1 fully saturated rings. The maximum Gasteiger partial charge on any atom is 0.109 e. The van der Waals surface area contributed by atoms with Crippen LogP contribution in [0.3, 0.4) is 0 Å². The van der Waals surface area contributed by atoms with E-state index in [2.05, 4.69) is 75.3 Å². The van der Waals surface area contributed by atoms with Crippen LogP contribution < -0.4 is 0 Å². The zero-order valence-corrected chi connectivity index (χ0v) is 14.6. The van der Waals surface area contributed by atoms with Crippen LogP contribution in [0.15, 0.2) is 11.8 Å². The Balaban J connectivity index is 2.71. The summed E-state index contributed by atoms with van der Waals surface area (Å²) < 4.78 is 6.52. The molecule has 2 atom stereocenters. The number of hydrogen-bond acceptors (Lipinski definition) is 1. The summed E-state index contributed by atoms with van der Waals surface area (Å²) in [6.45, 7) is 23.6. The third-order valence-corrected chi connectivity index (χ3v) is 8.00. The number of rotatable bonds is 0. The summed E-state index contributed by atoms with van der Waals surface area (Å²) in [4.78, 5) is 0. The predicted octanol–water partition coefficient (Wildman–Crippen LogP) is 5.41. The smallest absolute Gasteiger partial charge is 0.109 e. The van der Waals surface area contributed by atoms with E-state index in [4.69, 9.17) is 4.74 Å². The molecule has 0 spiro atoms. The van der Waals surface area contributed by atoms with Gasteiger partial charge in [0.25, 0.3) is 0 Å². The maximum absolute atomic E-state index is 6.52. The van der Waals surface area contributed by atoms with Gasteiger partial charge in [0.15, 0.2) is 0 Å². The molecule has 2 unspecified atom stereocenters. The van der Waals surface area contributed by atoms with Gasteiger partial charge in [0, 0.05) is 10.8 Å². The van der Waals surface area contributed by atoms with Gasteiger partial charge in [-0.1, -0.05) is 55.4 Å². The second-order valence-corrected chi connectivity index (χ2v) is 9.03. The average molecular weight is 264 g/mol. The fourth-order valence-corrected chi connectivity index (χ4v) is 4.40. The minimum Gasteiger partial charge on any atom is -0.491 e. The summed E-state index contributed by atoms with van der Waals surface area (Å²) in [6, 6.07) is 0. The standard InChI is InChI=1S/C18H32O/c1-12-11-13-18(10,14(12,2)3)16(6,7)15(4,5)17(8,9)19-13/h11-12H,1-10H3. The maximum atomic E-state index is 6.52. The Morgan fingerprint density at radius 1 is 0.842 bits per heavy atom. The lowest BCUT2D eigenvalue weighted by Crippen LogP contribution is -2.65. The predicted molar refractivity (Wildman–Crippen MR) is 81.9 cm³/mol. The van der Waals surface area contributed by atoms with Crippen LogP contribution in [0.1, 0.15) is 69.2 Å². The van der Waals surface area contributed by atoms with Crippen molar-refractivity contribution in [3.63, 3.8) is 0 Å². The van der Waals surface area contributed by atoms with Gasteiger partial charge in [0.1, 0.15) is 11.4 Å². The van der Waals surface area contributed by atoms with Gasteiger partial charge in [-0.3, -0.25) is 0 Å². The van der Waals surface area contributed by atoms with Crippen molar-refractivity contribution < 1.29 is 4.74 Å². The molecule has 0 radical (unpaired) electrons. The Morgan fingerprint density at radius 3 is 1.79 bits per heavy atom. The molecule has 1 aliphatic carbocycles. The van der Waals surface area contributed by atoms with Crippen LogP contribution in [0.25, 0.3) is 0 Å². The van der Waals surface area contributed by atoms with E-state index in [9.17, 15) is 0 Å². The number of ether oxygens (including phenoxy) is 1. The molecule has 0 amide bonds. The van der Waals surface area contributed by atoms with Crippen LogP contribution in [0.4, 0.5) is 0 Å². The molecule has 0 saturated carbocycles. The van der Waals surface area contributed by atoms with E-state index in [-0.39, 0.29) is 27.3 Å². The molecule has 0 bridgehead atoms. The van der Waals surface area contributed by atoms with Crippen molar-refractivity contribution >= 4 is 0 Å². The first-order valence-corrected chi connectivity index (χ1v) is 7.65. The lowest BCUT2D eigenvalue weighted by Gasteiger charge is -2.67. The first-order valence-electron chi connectivity index (χ1n) is 7.65. The summed E-state index contributed by atoms with van der Waals surface area (Å²) in [6.07, 6.45) is 2.37. The Morgan fingerprint density at radius 2 is 1.32 bits per heavy atom. The fourth-order valence-electron chi connectivity index (χ4n) is 4.40. The Hall–Kier alpha value is -0.460. The van der Waals surface area contributed by atoms with Crippen molar-refractivity contribution in [2.75, 3.05) is 0 Å². The molecule has 2 rings (SSSR count). The van der Waals surface area contributed by atoms with E-state index in [1.54, 1.807) is 0 Å². The van der Waals surface area contributed by atoms with Gasteiger partial charge >= 0.3 is 0 Å². The van der Waals surface area contributed by atoms with Gasteiger partial charge in [0.05, 0.1) is 0 Å². The monoisotopic (exact) mass is 264 g/mol. The van der Waals surface area contributed by atoms with Crippen LogP contribution in [0, 0.1) is 27.6 Å². The van der Waals surface area contributed by atoms with Gasteiger partial charge < -0.3 is 4.74 Å². The largest absolute Gasteiger partial charge is 0.491 e. The van der Waals surface area contributed by atoms with E-state index >= 15 is 0 Å². The van der Waals surface area contributed by atoms with E-state index in [0.717, 1.165) is 0 Å². The first kappa shape index (κ1) is 14.9. The minimum atomic E-state index is -0.137. The summed E-state index contributed by atoms with van der Waals surface area (Å²) in [7, 11) is 0. The topological polar surface area (TPSA) is 9.23 Å². The molecule has 0 aromatic heterocycles. The number of fused-ring (bicyclic) bond motifs is 1. The second-order valence-electron chi connectivity index (χ2n) is 9.03. The summed E-state index contributed by atoms with van der Waals surface area (Å²) in [5.74, 6) is 1.77. The van der Waals surface area contributed by atoms with Crippen LogP contribution in [-0.2, 0) is 4.74 Å². The molecular weight excluding hydrogens is 232 g/mol. The molecule has 1 aliphatic heterocycles. The highest BCUT2D eigenvalue weighted by atomic mass is 16.5. The summed E-state index contributed by atoms with van der Waals surface area (Å²) in [5, 5.41) is 0. The van der Waals surface area contributed by atoms with Crippen molar-refractivity contribution in [2.45, 2.75) is 74.8 Å². The SMILES string of the molecule is CC1C=C2OC(C)(C)C(C)(C)C(C)(C)C2(C)C1(C)C. The fraction of sp³-hybridized carbons (Fsp3) is 0.889.